The summed E-state index contributed by atoms with van der Waals surface area (Å²) in [4.78, 5) is 10.6. The Balaban J connectivity index is 0.859. The molecule has 3 fully saturated rings. The van der Waals surface area contributed by atoms with Crippen molar-refractivity contribution in [1.82, 2.24) is 5.32 Å². The van der Waals surface area contributed by atoms with E-state index >= 15 is 0 Å². The van der Waals surface area contributed by atoms with Crippen LogP contribution in [0.1, 0.15) is 105 Å². The number of fused-ring (bicyclic) bond motifs is 10. The Bertz CT molecular complexity index is 2210. The van der Waals surface area contributed by atoms with Crippen molar-refractivity contribution in [3.63, 3.8) is 0 Å². The summed E-state index contributed by atoms with van der Waals surface area (Å²) in [7, 11) is 0. The van der Waals surface area contributed by atoms with Crippen molar-refractivity contribution in [2.75, 3.05) is 0 Å². The van der Waals surface area contributed by atoms with Crippen LogP contribution in [0.4, 0.5) is 0 Å². The van der Waals surface area contributed by atoms with E-state index in [4.69, 9.17) is 9.98 Å². The van der Waals surface area contributed by atoms with Crippen LogP contribution in [0.3, 0.4) is 0 Å². The van der Waals surface area contributed by atoms with Crippen molar-refractivity contribution in [3.05, 3.63) is 148 Å². The highest BCUT2D eigenvalue weighted by Gasteiger charge is 2.57. The third kappa shape index (κ3) is 4.58. The Morgan fingerprint density at radius 1 is 0.792 bits per heavy atom. The molecule has 3 nitrogen and oxygen atoms in total. The lowest BCUT2D eigenvalue weighted by molar-refractivity contribution is 0.177. The zero-order valence-electron chi connectivity index (χ0n) is 31.2. The molecule has 0 radical (unpaired) electrons. The summed E-state index contributed by atoms with van der Waals surface area (Å²) in [5, 5.41) is 3.74. The average molecular weight is 694 g/mol. The van der Waals surface area contributed by atoms with Gasteiger partial charge < -0.3 is 5.32 Å². The van der Waals surface area contributed by atoms with Crippen LogP contribution < -0.4 is 5.32 Å². The van der Waals surface area contributed by atoms with Gasteiger partial charge in [-0.25, -0.2) is 9.98 Å². The Hall–Kier alpha value is -4.24. The molecule has 1 spiro atoms. The molecule has 0 amide bonds. The van der Waals surface area contributed by atoms with Crippen molar-refractivity contribution < 1.29 is 0 Å². The number of benzene rings is 2. The molecule has 2 aromatic carbocycles. The fourth-order valence-corrected chi connectivity index (χ4v) is 12.8. The number of rotatable bonds is 4. The lowest BCUT2D eigenvalue weighted by Crippen LogP contribution is -2.39. The van der Waals surface area contributed by atoms with Gasteiger partial charge in [-0.15, -0.1) is 0 Å². The van der Waals surface area contributed by atoms with Crippen LogP contribution in [0.15, 0.2) is 130 Å². The highest BCUT2D eigenvalue weighted by atomic mass is 15.2. The molecule has 0 saturated heterocycles. The molecular weight excluding hydrogens is 643 g/mol. The Kier molecular flexibility index (Phi) is 6.55. The smallest absolute Gasteiger partial charge is 0.169 e. The molecule has 10 aliphatic rings. The maximum atomic E-state index is 5.33. The van der Waals surface area contributed by atoms with E-state index in [1.165, 1.54) is 61.7 Å². The molecule has 266 valence electrons. The first kappa shape index (κ1) is 31.1. The number of amidine groups is 2. The largest absolute Gasteiger partial charge is 0.328 e. The number of nitrogens with zero attached hydrogens (tertiary/aromatic N) is 2. The van der Waals surface area contributed by atoms with Gasteiger partial charge in [0.25, 0.3) is 0 Å². The summed E-state index contributed by atoms with van der Waals surface area (Å²) in [6.07, 6.45) is 36.6. The number of allylic oxidation sites excluding steroid dienone is 10. The fourth-order valence-electron chi connectivity index (χ4n) is 12.8. The minimum atomic E-state index is -0.185. The van der Waals surface area contributed by atoms with E-state index in [-0.39, 0.29) is 11.6 Å². The Morgan fingerprint density at radius 3 is 2.45 bits per heavy atom. The van der Waals surface area contributed by atoms with Crippen LogP contribution in [0.25, 0.3) is 5.57 Å². The zero-order valence-corrected chi connectivity index (χ0v) is 31.2. The number of nitrogens with one attached hydrogen (secondary N) is 1. The molecule has 3 heteroatoms. The normalized spacial score (nSPS) is 38.1. The molecule has 0 bridgehead atoms. The monoisotopic (exact) mass is 693 g/mol. The lowest BCUT2D eigenvalue weighted by atomic mass is 9.58. The third-order valence-electron chi connectivity index (χ3n) is 15.8. The van der Waals surface area contributed by atoms with E-state index in [2.05, 4.69) is 128 Å². The van der Waals surface area contributed by atoms with Gasteiger partial charge in [0.1, 0.15) is 11.7 Å². The van der Waals surface area contributed by atoms with Crippen LogP contribution in [0.5, 0.6) is 0 Å². The van der Waals surface area contributed by atoms with Gasteiger partial charge in [0.2, 0.25) is 0 Å². The van der Waals surface area contributed by atoms with Gasteiger partial charge >= 0.3 is 0 Å². The van der Waals surface area contributed by atoms with E-state index < -0.39 is 0 Å². The molecule has 9 aliphatic carbocycles. The predicted molar refractivity (Wildman–Crippen MR) is 217 cm³/mol. The SMILES string of the molecule is CC1(C)c2ccccc2C2C=C3c4ccc(C5C=CC(C6N=C(C7=CC8CC8C=C7)NC(C7C8C=CC=CC87)=N6)=CC5)cc4C4(CCCCC4)C3CC21. The Labute approximate surface area is 315 Å². The summed E-state index contributed by atoms with van der Waals surface area (Å²) in [5.41, 5.74) is 12.6. The molecule has 1 heterocycles. The summed E-state index contributed by atoms with van der Waals surface area (Å²) >= 11 is 0. The second kappa shape index (κ2) is 11.2. The maximum absolute atomic E-state index is 5.33. The molecule has 9 atom stereocenters. The summed E-state index contributed by atoms with van der Waals surface area (Å²) in [6.45, 7) is 5.06. The van der Waals surface area contributed by atoms with E-state index in [0.29, 0.717) is 52.8 Å². The fraction of sp³-hybridized carbons (Fsp3) is 0.440. The van der Waals surface area contributed by atoms with E-state index in [1.807, 2.05) is 0 Å². The van der Waals surface area contributed by atoms with Gasteiger partial charge in [-0.05, 0) is 112 Å². The van der Waals surface area contributed by atoms with Gasteiger partial charge in [0.05, 0.1) is 0 Å². The number of aliphatic imine (C=N–C) groups is 2. The van der Waals surface area contributed by atoms with Crippen molar-refractivity contribution in [2.45, 2.75) is 94.0 Å². The zero-order chi connectivity index (χ0) is 35.1. The van der Waals surface area contributed by atoms with Gasteiger partial charge in [0, 0.05) is 28.7 Å². The second-order valence-electron chi connectivity index (χ2n) is 18.8. The molecule has 12 rings (SSSR count). The summed E-state index contributed by atoms with van der Waals surface area (Å²) in [6, 6.07) is 17.1. The molecule has 9 unspecified atom stereocenters. The second-order valence-corrected chi connectivity index (χ2v) is 18.8. The predicted octanol–water partition coefficient (Wildman–Crippen LogP) is 10.8. The summed E-state index contributed by atoms with van der Waals surface area (Å²) in [5.74, 6) is 7.37. The molecule has 1 N–H and O–H groups in total. The van der Waals surface area contributed by atoms with Gasteiger partial charge in [-0.2, -0.15) is 0 Å². The first-order valence-corrected chi connectivity index (χ1v) is 21.0. The maximum Gasteiger partial charge on any atom is 0.169 e. The van der Waals surface area contributed by atoms with Crippen LogP contribution >= 0.6 is 0 Å². The van der Waals surface area contributed by atoms with Crippen molar-refractivity contribution in [3.8, 4) is 0 Å². The van der Waals surface area contributed by atoms with Crippen LogP contribution in [0.2, 0.25) is 0 Å². The topological polar surface area (TPSA) is 36.8 Å². The highest BCUT2D eigenvalue weighted by molar-refractivity contribution is 6.13. The van der Waals surface area contributed by atoms with Crippen molar-refractivity contribution in [1.29, 1.82) is 0 Å². The number of hydrogen-bond donors (Lipinski definition) is 1. The summed E-state index contributed by atoms with van der Waals surface area (Å²) < 4.78 is 0. The van der Waals surface area contributed by atoms with Gasteiger partial charge in [-0.1, -0.05) is 142 Å². The standard InChI is InChI=1S/C50H51N3/c1-49(2)41-13-7-6-10-35(41)39-27-40-36-21-20-32(26-43(36)50(22-8-3-9-23-50)44(40)28-42(39)49)29-14-16-30(17-15-29)46-51-47(33-19-18-31-24-34(31)25-33)53-48(52-46)45-37-11-4-5-12-38(37)45/h4-7,10-14,16-21,25-27,29,31,34,37-39,42,44-46H,3,8-9,15,22-24,28H2,1-2H3,(H,51,52,53). The number of hydrogen-bond acceptors (Lipinski definition) is 3. The quantitative estimate of drug-likeness (QED) is 0.340. The molecule has 3 saturated carbocycles. The van der Waals surface area contributed by atoms with E-state index in [1.54, 1.807) is 27.8 Å². The minimum absolute atomic E-state index is 0.185. The minimum Gasteiger partial charge on any atom is -0.328 e. The first-order valence-electron chi connectivity index (χ1n) is 21.0. The van der Waals surface area contributed by atoms with E-state index in [9.17, 15) is 0 Å². The van der Waals surface area contributed by atoms with Crippen LogP contribution in [0, 0.1) is 41.4 Å². The van der Waals surface area contributed by atoms with Crippen molar-refractivity contribution >= 4 is 17.2 Å². The third-order valence-corrected chi connectivity index (χ3v) is 15.8. The molecule has 0 aromatic heterocycles. The van der Waals surface area contributed by atoms with Gasteiger partial charge in [-0.3, -0.25) is 0 Å². The molecule has 53 heavy (non-hydrogen) atoms. The van der Waals surface area contributed by atoms with E-state index in [0.717, 1.165) is 24.0 Å². The highest BCUT2D eigenvalue weighted by Crippen LogP contribution is 2.66. The van der Waals surface area contributed by atoms with Gasteiger partial charge in [0.15, 0.2) is 6.17 Å². The lowest BCUT2D eigenvalue weighted by Gasteiger charge is -2.45. The first-order chi connectivity index (χ1) is 26.0. The Morgan fingerprint density at radius 2 is 1.64 bits per heavy atom. The van der Waals surface area contributed by atoms with Crippen molar-refractivity contribution in [2.24, 2.45) is 51.4 Å². The molecule has 1 aliphatic heterocycles. The van der Waals surface area contributed by atoms with Crippen LogP contribution in [-0.2, 0) is 10.8 Å². The average Bonchev–Trinajstić information content (AvgIpc) is 4.12. The van der Waals surface area contributed by atoms with Crippen LogP contribution in [-0.4, -0.2) is 17.8 Å². The molecular formula is C50H51N3. The molecule has 2 aromatic rings.